The molecule has 26 heavy (non-hydrogen) atoms. The molecule has 0 saturated heterocycles. The Bertz CT molecular complexity index is 934. The van der Waals surface area contributed by atoms with Gasteiger partial charge in [-0.2, -0.15) is 15.5 Å². The number of Topliss-reactive ketones (excluding diaryl/α,β-unsaturated/α-hetero) is 1. The summed E-state index contributed by atoms with van der Waals surface area (Å²) in [6, 6.07) is 4.97. The maximum Gasteiger partial charge on any atom is 0.178 e. The van der Waals surface area contributed by atoms with E-state index in [0.29, 0.717) is 16.8 Å². The number of nitriles is 1. The number of aromatic nitrogens is 3. The Morgan fingerprint density at radius 3 is 2.69 bits per heavy atom. The average molecular weight is 352 g/mol. The van der Waals surface area contributed by atoms with E-state index in [4.69, 9.17) is 4.74 Å². The zero-order valence-corrected chi connectivity index (χ0v) is 14.7. The van der Waals surface area contributed by atoms with E-state index in [2.05, 4.69) is 15.2 Å². The molecule has 1 unspecified atom stereocenters. The number of halogens is 1. The minimum absolute atomic E-state index is 0.00743. The van der Waals surface area contributed by atoms with Crippen LogP contribution in [-0.4, -0.2) is 28.1 Å². The van der Waals surface area contributed by atoms with Gasteiger partial charge in [0.25, 0.3) is 0 Å². The lowest BCUT2D eigenvalue weighted by Gasteiger charge is -2.40. The summed E-state index contributed by atoms with van der Waals surface area (Å²) in [6.07, 6.45) is 5.84. The molecule has 0 N–H and O–H groups in total. The molecule has 1 atom stereocenters. The molecule has 3 rings (SSSR count). The fourth-order valence-corrected chi connectivity index (χ4v) is 3.36. The zero-order valence-electron chi connectivity index (χ0n) is 14.7. The highest BCUT2D eigenvalue weighted by molar-refractivity contribution is 6.04. The smallest absolute Gasteiger partial charge is 0.178 e. The number of hydrogen-bond acceptors (Lipinski definition) is 6. The van der Waals surface area contributed by atoms with E-state index in [1.807, 2.05) is 6.07 Å². The molecule has 1 aliphatic carbocycles. The fraction of sp³-hybridized carbons (Fsp3) is 0.316. The third-order valence-electron chi connectivity index (χ3n) is 4.58. The summed E-state index contributed by atoms with van der Waals surface area (Å²) in [7, 11) is 1.48. The summed E-state index contributed by atoms with van der Waals surface area (Å²) in [5.41, 5.74) is -0.467. The van der Waals surface area contributed by atoms with Gasteiger partial charge in [-0.1, -0.05) is 13.8 Å². The van der Waals surface area contributed by atoms with Crippen molar-refractivity contribution >= 4 is 5.78 Å². The molecule has 0 radical (unpaired) electrons. The molecule has 132 valence electrons. The lowest BCUT2D eigenvalue weighted by atomic mass is 9.68. The van der Waals surface area contributed by atoms with Gasteiger partial charge in [-0.15, -0.1) is 0 Å². The average Bonchev–Trinajstić information content (AvgIpc) is 2.64. The molecule has 7 heteroatoms. The van der Waals surface area contributed by atoms with E-state index in [9.17, 15) is 14.4 Å². The molecule has 2 aromatic rings. The van der Waals surface area contributed by atoms with E-state index in [1.54, 1.807) is 19.9 Å². The molecule has 0 amide bonds. The number of nitrogens with zero attached hydrogens (tertiary/aromatic N) is 4. The van der Waals surface area contributed by atoms with E-state index in [0.717, 1.165) is 6.20 Å². The second-order valence-corrected chi connectivity index (χ2v) is 6.83. The summed E-state index contributed by atoms with van der Waals surface area (Å²) in [5, 5.41) is 17.0. The molecule has 0 aromatic carbocycles. The second-order valence-electron chi connectivity index (χ2n) is 6.83. The largest absolute Gasteiger partial charge is 0.368 e. The highest BCUT2D eigenvalue weighted by atomic mass is 19.1. The predicted octanol–water partition coefficient (Wildman–Crippen LogP) is 2.97. The van der Waals surface area contributed by atoms with E-state index in [1.165, 1.54) is 31.6 Å². The standard InChI is InChI=1S/C19H17FN4O2/c1-18(2)11-19(26-3,7-13(8-21)17(18)25)16-15(6-14(20)10-22-16)12-4-5-23-24-9-12/h4-7,9-10H,11H2,1-3H3. The first-order chi connectivity index (χ1) is 12.3. The maximum absolute atomic E-state index is 13.9. The minimum Gasteiger partial charge on any atom is -0.368 e. The van der Waals surface area contributed by atoms with Crippen LogP contribution in [0.15, 0.2) is 42.4 Å². The van der Waals surface area contributed by atoms with E-state index < -0.39 is 16.8 Å². The van der Waals surface area contributed by atoms with Gasteiger partial charge in [0.2, 0.25) is 0 Å². The molecule has 2 heterocycles. The van der Waals surface area contributed by atoms with Crippen LogP contribution >= 0.6 is 0 Å². The molecule has 1 aliphatic rings. The molecular weight excluding hydrogens is 335 g/mol. The summed E-state index contributed by atoms with van der Waals surface area (Å²) in [6.45, 7) is 3.51. The van der Waals surface area contributed by atoms with Crippen molar-refractivity contribution in [2.45, 2.75) is 25.9 Å². The van der Waals surface area contributed by atoms with Gasteiger partial charge >= 0.3 is 0 Å². The number of carbonyl (C=O) groups is 1. The van der Waals surface area contributed by atoms with Crippen LogP contribution in [0.25, 0.3) is 11.1 Å². The van der Waals surface area contributed by atoms with Crippen LogP contribution in [0.5, 0.6) is 0 Å². The van der Waals surface area contributed by atoms with Gasteiger partial charge in [-0.25, -0.2) is 4.39 Å². The van der Waals surface area contributed by atoms with E-state index in [-0.39, 0.29) is 17.8 Å². The topological polar surface area (TPSA) is 88.8 Å². The summed E-state index contributed by atoms with van der Waals surface area (Å²) < 4.78 is 19.7. The molecule has 0 bridgehead atoms. The fourth-order valence-electron chi connectivity index (χ4n) is 3.36. The zero-order chi connectivity index (χ0) is 18.9. The van der Waals surface area contributed by atoms with Gasteiger partial charge in [0.1, 0.15) is 17.5 Å². The lowest BCUT2D eigenvalue weighted by molar-refractivity contribution is -0.128. The molecule has 0 fully saturated rings. The second kappa shape index (κ2) is 6.39. The third kappa shape index (κ3) is 2.89. The number of carbonyl (C=O) groups excluding carboxylic acids is 1. The van der Waals surface area contributed by atoms with Gasteiger partial charge in [-0.05, 0) is 24.6 Å². The first kappa shape index (κ1) is 17.8. The summed E-state index contributed by atoms with van der Waals surface area (Å²) in [5.74, 6) is -0.760. The molecule has 0 spiro atoms. The highest BCUT2D eigenvalue weighted by Crippen LogP contribution is 2.46. The number of pyridine rings is 1. The minimum atomic E-state index is -1.14. The van der Waals surface area contributed by atoms with Crippen LogP contribution in [0, 0.1) is 22.6 Å². The van der Waals surface area contributed by atoms with Crippen molar-refractivity contribution in [2.75, 3.05) is 7.11 Å². The number of ether oxygens (including phenoxy) is 1. The number of rotatable bonds is 3. The maximum atomic E-state index is 13.9. The SMILES string of the molecule is COC1(c2ncc(F)cc2-c2ccnnc2)C=C(C#N)C(=O)C(C)(C)C1. The summed E-state index contributed by atoms with van der Waals surface area (Å²) in [4.78, 5) is 16.7. The Hall–Kier alpha value is -2.98. The highest BCUT2D eigenvalue weighted by Gasteiger charge is 2.48. The molecule has 0 saturated carbocycles. The Kier molecular flexibility index (Phi) is 4.38. The quantitative estimate of drug-likeness (QED) is 0.844. The molecular formula is C19H17FN4O2. The van der Waals surface area contributed by atoms with Crippen molar-refractivity contribution in [3.63, 3.8) is 0 Å². The summed E-state index contributed by atoms with van der Waals surface area (Å²) >= 11 is 0. The van der Waals surface area contributed by atoms with Gasteiger partial charge < -0.3 is 4.74 Å². The van der Waals surface area contributed by atoms with Crippen molar-refractivity contribution in [3.8, 4) is 17.2 Å². The Labute approximate surface area is 150 Å². The monoisotopic (exact) mass is 352 g/mol. The molecule has 2 aromatic heterocycles. The Balaban J connectivity index is 2.29. The van der Waals surface area contributed by atoms with Crippen molar-refractivity contribution in [1.82, 2.24) is 15.2 Å². The van der Waals surface area contributed by atoms with Crippen LogP contribution in [0.2, 0.25) is 0 Å². The van der Waals surface area contributed by atoms with Gasteiger partial charge in [-0.3, -0.25) is 9.78 Å². The van der Waals surface area contributed by atoms with Crippen LogP contribution in [-0.2, 0) is 15.1 Å². The van der Waals surface area contributed by atoms with Gasteiger partial charge in [0, 0.05) is 23.7 Å². The van der Waals surface area contributed by atoms with Crippen molar-refractivity contribution < 1.29 is 13.9 Å². The van der Waals surface area contributed by atoms with Crippen LogP contribution in [0.1, 0.15) is 26.0 Å². The Morgan fingerprint density at radius 1 is 1.31 bits per heavy atom. The predicted molar refractivity (Wildman–Crippen MR) is 91.0 cm³/mol. The first-order valence-corrected chi connectivity index (χ1v) is 7.99. The van der Waals surface area contributed by atoms with Crippen LogP contribution in [0.4, 0.5) is 4.39 Å². The van der Waals surface area contributed by atoms with Crippen LogP contribution in [0.3, 0.4) is 0 Å². The van der Waals surface area contributed by atoms with Crippen molar-refractivity contribution in [3.05, 3.63) is 53.9 Å². The van der Waals surface area contributed by atoms with Gasteiger partial charge in [0.15, 0.2) is 5.78 Å². The van der Waals surface area contributed by atoms with Crippen LogP contribution < -0.4 is 0 Å². The van der Waals surface area contributed by atoms with Gasteiger partial charge in [0.05, 0.1) is 29.9 Å². The van der Waals surface area contributed by atoms with E-state index >= 15 is 0 Å². The Morgan fingerprint density at radius 2 is 2.08 bits per heavy atom. The first-order valence-electron chi connectivity index (χ1n) is 7.99. The number of allylic oxidation sites excluding steroid dienone is 1. The number of hydrogen-bond donors (Lipinski definition) is 0. The van der Waals surface area contributed by atoms with Crippen molar-refractivity contribution in [1.29, 1.82) is 5.26 Å². The third-order valence-corrected chi connectivity index (χ3v) is 4.58. The molecule has 0 aliphatic heterocycles. The number of ketones is 1. The number of methoxy groups -OCH3 is 1. The lowest BCUT2D eigenvalue weighted by Crippen LogP contribution is -2.43. The van der Waals surface area contributed by atoms with Crippen molar-refractivity contribution in [2.24, 2.45) is 5.41 Å². The molecule has 6 nitrogen and oxygen atoms in total. The normalized spacial score (nSPS) is 21.8.